The third-order valence-corrected chi connectivity index (χ3v) is 6.02. The van der Waals surface area contributed by atoms with E-state index in [0.29, 0.717) is 10.9 Å². The van der Waals surface area contributed by atoms with E-state index in [1.807, 2.05) is 30.3 Å². The molecule has 0 spiro atoms. The van der Waals surface area contributed by atoms with Crippen LogP contribution in [-0.2, 0) is 10.5 Å². The molecule has 0 saturated heterocycles. The first-order chi connectivity index (χ1) is 13.8. The van der Waals surface area contributed by atoms with Crippen molar-refractivity contribution < 1.29 is 9.53 Å². The highest BCUT2D eigenvalue weighted by atomic mass is 32.2. The third kappa shape index (κ3) is 4.68. The molecule has 3 aromatic carbocycles. The minimum atomic E-state index is -0.259. The first-order valence-corrected chi connectivity index (χ1v) is 10.5. The number of hydrogen-bond donors (Lipinski definition) is 1. The third-order valence-electron chi connectivity index (χ3n) is 4.00. The van der Waals surface area contributed by atoms with Gasteiger partial charge in [-0.05, 0) is 28.5 Å². The predicted molar refractivity (Wildman–Crippen MR) is 114 cm³/mol. The highest BCUT2D eigenvalue weighted by Crippen LogP contribution is 2.30. The summed E-state index contributed by atoms with van der Waals surface area (Å²) < 4.78 is 6.24. The molecule has 1 heterocycles. The number of thioether (sulfide) groups is 1. The van der Waals surface area contributed by atoms with Crippen molar-refractivity contribution in [3.63, 3.8) is 0 Å². The summed E-state index contributed by atoms with van der Waals surface area (Å²) in [5, 5.41) is 13.9. The molecule has 1 amide bonds. The number of para-hydroxylation sites is 1. The van der Waals surface area contributed by atoms with Gasteiger partial charge in [-0.15, -0.1) is 10.2 Å². The van der Waals surface area contributed by atoms with Crippen LogP contribution in [0.15, 0.2) is 77.1 Å². The molecule has 28 heavy (non-hydrogen) atoms. The Morgan fingerprint density at radius 2 is 1.75 bits per heavy atom. The zero-order valence-electron chi connectivity index (χ0n) is 14.9. The van der Waals surface area contributed by atoms with E-state index in [9.17, 15) is 4.79 Å². The fourth-order valence-electron chi connectivity index (χ4n) is 2.70. The summed E-state index contributed by atoms with van der Waals surface area (Å²) in [5.41, 5.74) is 1.25. The van der Waals surface area contributed by atoms with Crippen LogP contribution in [0.25, 0.3) is 10.8 Å². The first-order valence-electron chi connectivity index (χ1n) is 8.68. The Hall–Kier alpha value is -2.90. The number of fused-ring (bicyclic) bond motifs is 1. The number of aromatic nitrogens is 2. The van der Waals surface area contributed by atoms with Crippen molar-refractivity contribution in [1.29, 1.82) is 0 Å². The number of anilines is 1. The lowest BCUT2D eigenvalue weighted by Gasteiger charge is -2.05. The Kier molecular flexibility index (Phi) is 5.84. The molecule has 0 aliphatic rings. The number of nitrogens with one attached hydrogen (secondary N) is 1. The number of hydrogen-bond acceptors (Lipinski definition) is 6. The number of nitrogens with zero attached hydrogens (tertiary/aromatic N) is 2. The summed E-state index contributed by atoms with van der Waals surface area (Å²) in [5.74, 6) is 1.19. The second-order valence-electron chi connectivity index (χ2n) is 5.95. The van der Waals surface area contributed by atoms with E-state index in [2.05, 4.69) is 45.8 Å². The van der Waals surface area contributed by atoms with Crippen LogP contribution < -0.4 is 10.1 Å². The topological polar surface area (TPSA) is 64.1 Å². The molecule has 140 valence electrons. The summed E-state index contributed by atoms with van der Waals surface area (Å²) in [4.78, 5) is 12.0. The number of ether oxygens (including phenoxy) is 1. The lowest BCUT2D eigenvalue weighted by atomic mass is 10.1. The van der Waals surface area contributed by atoms with Crippen molar-refractivity contribution >= 4 is 44.9 Å². The second kappa shape index (κ2) is 8.86. The minimum absolute atomic E-state index is 0.0674. The zero-order chi connectivity index (χ0) is 19.2. The smallest absolute Gasteiger partial charge is 0.264 e. The molecule has 4 aromatic rings. The van der Waals surface area contributed by atoms with Crippen molar-refractivity contribution in [1.82, 2.24) is 10.2 Å². The quantitative estimate of drug-likeness (QED) is 0.345. The van der Waals surface area contributed by atoms with Crippen LogP contribution in [0, 0.1) is 0 Å². The first kappa shape index (κ1) is 18.5. The summed E-state index contributed by atoms with van der Waals surface area (Å²) in [7, 11) is 0. The van der Waals surface area contributed by atoms with Gasteiger partial charge in [0.1, 0.15) is 5.75 Å². The minimum Gasteiger partial charge on any atom is -0.484 e. The fraction of sp³-hybridized carbons (Fsp3) is 0.0952. The number of rotatable bonds is 7. The normalized spacial score (nSPS) is 10.7. The number of benzene rings is 3. The van der Waals surface area contributed by atoms with Crippen molar-refractivity contribution in [2.24, 2.45) is 0 Å². The van der Waals surface area contributed by atoms with E-state index in [4.69, 9.17) is 4.74 Å². The molecular formula is C21H17N3O2S2. The van der Waals surface area contributed by atoms with Crippen molar-refractivity contribution in [3.05, 3.63) is 78.4 Å². The average Bonchev–Trinajstić information content (AvgIpc) is 3.18. The summed E-state index contributed by atoms with van der Waals surface area (Å²) in [6, 6.07) is 23.9. The zero-order valence-corrected chi connectivity index (χ0v) is 16.5. The Labute approximate surface area is 170 Å². The van der Waals surface area contributed by atoms with Gasteiger partial charge < -0.3 is 4.74 Å². The SMILES string of the molecule is O=C(COc1ccccc1)Nc1nnc(SCc2cccc3ccccc23)s1. The monoisotopic (exact) mass is 407 g/mol. The Bertz CT molecular complexity index is 1080. The van der Waals surface area contributed by atoms with Gasteiger partial charge in [0.25, 0.3) is 5.91 Å². The molecule has 0 bridgehead atoms. The molecule has 0 atom stereocenters. The molecule has 0 radical (unpaired) electrons. The van der Waals surface area contributed by atoms with Gasteiger partial charge in [0.2, 0.25) is 5.13 Å². The van der Waals surface area contributed by atoms with Crippen LogP contribution in [-0.4, -0.2) is 22.7 Å². The molecule has 4 rings (SSSR count). The van der Waals surface area contributed by atoms with E-state index in [1.165, 1.54) is 27.7 Å². The van der Waals surface area contributed by atoms with Gasteiger partial charge in [0, 0.05) is 5.75 Å². The average molecular weight is 408 g/mol. The highest BCUT2D eigenvalue weighted by Gasteiger charge is 2.10. The number of amides is 1. The van der Waals surface area contributed by atoms with Crippen LogP contribution in [0.5, 0.6) is 5.75 Å². The summed E-state index contributed by atoms with van der Waals surface area (Å²) in [6.07, 6.45) is 0. The van der Waals surface area contributed by atoms with Crippen molar-refractivity contribution in [2.75, 3.05) is 11.9 Å². The van der Waals surface area contributed by atoms with Gasteiger partial charge in [-0.1, -0.05) is 83.8 Å². The molecule has 0 fully saturated rings. The maximum atomic E-state index is 12.0. The van der Waals surface area contributed by atoms with Gasteiger partial charge in [-0.25, -0.2) is 0 Å². The van der Waals surface area contributed by atoms with Crippen molar-refractivity contribution in [2.45, 2.75) is 10.1 Å². The van der Waals surface area contributed by atoms with Crippen LogP contribution >= 0.6 is 23.1 Å². The lowest BCUT2D eigenvalue weighted by molar-refractivity contribution is -0.118. The molecule has 0 saturated carbocycles. The van der Waals surface area contributed by atoms with Gasteiger partial charge >= 0.3 is 0 Å². The van der Waals surface area contributed by atoms with E-state index < -0.39 is 0 Å². The molecule has 1 aromatic heterocycles. The summed E-state index contributed by atoms with van der Waals surface area (Å²) >= 11 is 2.97. The van der Waals surface area contributed by atoms with E-state index in [-0.39, 0.29) is 12.5 Å². The Balaban J connectivity index is 1.32. The fourth-order valence-corrected chi connectivity index (χ4v) is 4.47. The van der Waals surface area contributed by atoms with Gasteiger partial charge in [-0.2, -0.15) is 0 Å². The van der Waals surface area contributed by atoms with Crippen LogP contribution in [0.1, 0.15) is 5.56 Å². The van der Waals surface area contributed by atoms with Gasteiger partial charge in [0.05, 0.1) is 0 Å². The van der Waals surface area contributed by atoms with E-state index in [1.54, 1.807) is 23.9 Å². The molecule has 0 aliphatic heterocycles. The molecular weight excluding hydrogens is 390 g/mol. The molecule has 5 nitrogen and oxygen atoms in total. The predicted octanol–water partition coefficient (Wildman–Crippen LogP) is 5.00. The standard InChI is InChI=1S/C21H17N3O2S2/c25-19(13-26-17-10-2-1-3-11-17)22-20-23-24-21(28-20)27-14-16-9-6-8-15-7-4-5-12-18(15)16/h1-12H,13-14H2,(H,22,23,25). The summed E-state index contributed by atoms with van der Waals surface area (Å²) in [6.45, 7) is -0.0674. The molecule has 0 aliphatic carbocycles. The van der Waals surface area contributed by atoms with Crippen LogP contribution in [0.4, 0.5) is 5.13 Å². The highest BCUT2D eigenvalue weighted by molar-refractivity contribution is 8.00. The van der Waals surface area contributed by atoms with E-state index >= 15 is 0 Å². The van der Waals surface area contributed by atoms with Gasteiger partial charge in [0.15, 0.2) is 10.9 Å². The lowest BCUT2D eigenvalue weighted by Crippen LogP contribution is -2.20. The maximum Gasteiger partial charge on any atom is 0.264 e. The van der Waals surface area contributed by atoms with Gasteiger partial charge in [-0.3, -0.25) is 10.1 Å². The Morgan fingerprint density at radius 1 is 0.964 bits per heavy atom. The largest absolute Gasteiger partial charge is 0.484 e. The Morgan fingerprint density at radius 3 is 2.64 bits per heavy atom. The molecule has 0 unspecified atom stereocenters. The van der Waals surface area contributed by atoms with Crippen LogP contribution in [0.2, 0.25) is 0 Å². The van der Waals surface area contributed by atoms with Crippen LogP contribution in [0.3, 0.4) is 0 Å². The number of carbonyl (C=O) groups is 1. The van der Waals surface area contributed by atoms with E-state index in [0.717, 1.165) is 10.1 Å². The second-order valence-corrected chi connectivity index (χ2v) is 8.15. The maximum absolute atomic E-state index is 12.0. The molecule has 7 heteroatoms. The van der Waals surface area contributed by atoms with Crippen molar-refractivity contribution in [3.8, 4) is 5.75 Å². The number of carbonyl (C=O) groups excluding carboxylic acids is 1. The molecule has 1 N–H and O–H groups in total.